The van der Waals surface area contributed by atoms with Crippen molar-refractivity contribution in [3.05, 3.63) is 16.3 Å². The Labute approximate surface area is 158 Å². The second kappa shape index (κ2) is 7.12. The predicted molar refractivity (Wildman–Crippen MR) is 108 cm³/mol. The topological polar surface area (TPSA) is 58.3 Å². The van der Waals surface area contributed by atoms with Crippen molar-refractivity contribution >= 4 is 33.1 Å². The lowest BCUT2D eigenvalue weighted by Crippen LogP contribution is -2.29. The molecule has 26 heavy (non-hydrogen) atoms. The fraction of sp³-hybridized carbons (Fsp3) is 0.632. The molecule has 3 heterocycles. The van der Waals surface area contributed by atoms with Crippen LogP contribution in [0, 0.1) is 12.8 Å². The smallest absolute Gasteiger partial charge is 0.227 e. The predicted octanol–water partition coefficient (Wildman–Crippen LogP) is 3.53. The van der Waals surface area contributed by atoms with Crippen molar-refractivity contribution in [1.82, 2.24) is 24.5 Å². The Hall–Kier alpha value is -1.73. The number of hydrogen-bond donors (Lipinski definition) is 1. The van der Waals surface area contributed by atoms with Gasteiger partial charge >= 0.3 is 0 Å². The minimum atomic E-state index is 0.733. The molecular weight excluding hydrogens is 344 g/mol. The van der Waals surface area contributed by atoms with E-state index >= 15 is 0 Å². The van der Waals surface area contributed by atoms with Crippen LogP contribution in [0.5, 0.6) is 0 Å². The molecule has 0 amide bonds. The highest BCUT2D eigenvalue weighted by Gasteiger charge is 2.24. The van der Waals surface area contributed by atoms with E-state index in [2.05, 4.69) is 36.1 Å². The van der Waals surface area contributed by atoms with Crippen molar-refractivity contribution < 1.29 is 0 Å². The molecule has 1 atom stereocenters. The molecule has 4 rings (SSSR count). The molecule has 0 saturated carbocycles. The largest absolute Gasteiger partial charge is 0.353 e. The maximum Gasteiger partial charge on any atom is 0.227 e. The SMILES string of the molecule is CCN(CC)CCNc1nc2sc3c(c2c2nc(C)nn12)C[C@@H](C)CC3. The number of nitrogens with one attached hydrogen (secondary N) is 1. The molecule has 0 fully saturated rings. The Balaban J connectivity index is 1.74. The van der Waals surface area contributed by atoms with E-state index in [-0.39, 0.29) is 0 Å². The lowest BCUT2D eigenvalue weighted by Gasteiger charge is -2.18. The van der Waals surface area contributed by atoms with E-state index in [4.69, 9.17) is 9.97 Å². The van der Waals surface area contributed by atoms with Gasteiger partial charge in [-0.3, -0.25) is 0 Å². The zero-order chi connectivity index (χ0) is 18.3. The van der Waals surface area contributed by atoms with Gasteiger partial charge in [-0.05, 0) is 50.8 Å². The molecule has 1 N–H and O–H groups in total. The van der Waals surface area contributed by atoms with Crippen LogP contribution >= 0.6 is 11.3 Å². The molecule has 6 nitrogen and oxygen atoms in total. The van der Waals surface area contributed by atoms with E-state index in [0.29, 0.717) is 0 Å². The van der Waals surface area contributed by atoms with Crippen molar-refractivity contribution in [2.45, 2.75) is 47.0 Å². The van der Waals surface area contributed by atoms with Crippen molar-refractivity contribution in [3.8, 4) is 0 Å². The molecule has 140 valence electrons. The maximum absolute atomic E-state index is 4.94. The van der Waals surface area contributed by atoms with Gasteiger partial charge in [0.25, 0.3) is 0 Å². The minimum absolute atomic E-state index is 0.733. The summed E-state index contributed by atoms with van der Waals surface area (Å²) in [6.45, 7) is 12.7. The summed E-state index contributed by atoms with van der Waals surface area (Å²) in [6, 6.07) is 0. The fourth-order valence-electron chi connectivity index (χ4n) is 3.90. The Bertz CT molecular complexity index is 923. The molecule has 3 aromatic heterocycles. The van der Waals surface area contributed by atoms with E-state index in [0.717, 1.165) is 60.8 Å². The summed E-state index contributed by atoms with van der Waals surface area (Å²) in [6.07, 6.45) is 3.58. The number of anilines is 1. The van der Waals surface area contributed by atoms with E-state index in [1.54, 1.807) is 0 Å². The lowest BCUT2D eigenvalue weighted by molar-refractivity contribution is 0.315. The first-order valence-corrected chi connectivity index (χ1v) is 10.6. The highest BCUT2D eigenvalue weighted by Crippen LogP contribution is 2.39. The van der Waals surface area contributed by atoms with E-state index in [1.807, 2.05) is 22.8 Å². The third-order valence-electron chi connectivity index (χ3n) is 5.44. The summed E-state index contributed by atoms with van der Waals surface area (Å²) in [5, 5.41) is 9.34. The Kier molecular flexibility index (Phi) is 4.84. The Morgan fingerprint density at radius 2 is 2.08 bits per heavy atom. The van der Waals surface area contributed by atoms with Gasteiger partial charge in [-0.25, -0.2) is 9.97 Å². The van der Waals surface area contributed by atoms with Crippen molar-refractivity contribution in [2.24, 2.45) is 5.92 Å². The number of nitrogens with zero attached hydrogens (tertiary/aromatic N) is 5. The second-order valence-corrected chi connectivity index (χ2v) is 8.40. The zero-order valence-electron chi connectivity index (χ0n) is 16.2. The second-order valence-electron chi connectivity index (χ2n) is 7.32. The standard InChI is InChI=1S/C19H28N6S/c1-5-24(6-2)10-9-20-19-22-18-16(17-21-13(4)23-25(17)19)14-11-12(3)7-8-15(14)26-18/h12H,5-11H2,1-4H3,(H,20,22)/t12-/m0/s1. The van der Waals surface area contributed by atoms with Gasteiger partial charge in [0, 0.05) is 18.0 Å². The van der Waals surface area contributed by atoms with Gasteiger partial charge in [-0.2, -0.15) is 4.52 Å². The zero-order valence-corrected chi connectivity index (χ0v) is 17.0. The minimum Gasteiger partial charge on any atom is -0.353 e. The van der Waals surface area contributed by atoms with Crippen LogP contribution in [0.25, 0.3) is 15.9 Å². The number of hydrogen-bond acceptors (Lipinski definition) is 6. The van der Waals surface area contributed by atoms with Gasteiger partial charge in [0.1, 0.15) is 10.7 Å². The van der Waals surface area contributed by atoms with Crippen molar-refractivity contribution in [2.75, 3.05) is 31.5 Å². The van der Waals surface area contributed by atoms with E-state index in [9.17, 15) is 0 Å². The van der Waals surface area contributed by atoms with Gasteiger partial charge in [-0.15, -0.1) is 16.4 Å². The molecule has 1 aliphatic rings. The summed E-state index contributed by atoms with van der Waals surface area (Å²) in [7, 11) is 0. The quantitative estimate of drug-likeness (QED) is 0.717. The van der Waals surface area contributed by atoms with Gasteiger partial charge in [0.2, 0.25) is 5.95 Å². The first-order valence-electron chi connectivity index (χ1n) is 9.74. The number of likely N-dealkylation sites (N-methyl/N-ethyl adjacent to an activating group) is 1. The summed E-state index contributed by atoms with van der Waals surface area (Å²) < 4.78 is 1.91. The van der Waals surface area contributed by atoms with Gasteiger partial charge in [-0.1, -0.05) is 20.8 Å². The van der Waals surface area contributed by atoms with Crippen LogP contribution in [0.3, 0.4) is 0 Å². The molecule has 0 spiro atoms. The lowest BCUT2D eigenvalue weighted by atomic mass is 9.89. The van der Waals surface area contributed by atoms with E-state index < -0.39 is 0 Å². The number of rotatable bonds is 6. The number of fused-ring (bicyclic) bond motifs is 5. The molecule has 0 radical (unpaired) electrons. The van der Waals surface area contributed by atoms with Crippen LogP contribution in [0.4, 0.5) is 5.95 Å². The van der Waals surface area contributed by atoms with Crippen LogP contribution in [-0.4, -0.2) is 50.7 Å². The maximum atomic E-state index is 4.94. The van der Waals surface area contributed by atoms with Crippen molar-refractivity contribution in [1.29, 1.82) is 0 Å². The monoisotopic (exact) mass is 372 g/mol. The molecule has 0 aliphatic heterocycles. The van der Waals surface area contributed by atoms with Crippen LogP contribution in [0.1, 0.15) is 43.5 Å². The molecular formula is C19H28N6S. The summed E-state index contributed by atoms with van der Waals surface area (Å²) in [4.78, 5) is 14.7. The Morgan fingerprint density at radius 1 is 1.27 bits per heavy atom. The van der Waals surface area contributed by atoms with Gasteiger partial charge in [0.05, 0.1) is 5.39 Å². The highest BCUT2D eigenvalue weighted by molar-refractivity contribution is 7.19. The molecule has 1 aliphatic carbocycles. The molecule has 0 aromatic carbocycles. The average molecular weight is 373 g/mol. The third-order valence-corrected chi connectivity index (χ3v) is 6.62. The Morgan fingerprint density at radius 3 is 2.85 bits per heavy atom. The normalized spacial score (nSPS) is 17.3. The molecule has 7 heteroatoms. The number of aromatic nitrogens is 4. The van der Waals surface area contributed by atoms with Crippen LogP contribution < -0.4 is 5.32 Å². The van der Waals surface area contributed by atoms with Crippen LogP contribution in [-0.2, 0) is 12.8 Å². The first kappa shape index (κ1) is 17.7. The van der Waals surface area contributed by atoms with Crippen LogP contribution in [0.15, 0.2) is 0 Å². The first-order chi connectivity index (χ1) is 12.6. The third kappa shape index (κ3) is 3.07. The van der Waals surface area contributed by atoms with E-state index in [1.165, 1.54) is 28.7 Å². The summed E-state index contributed by atoms with van der Waals surface area (Å²) in [5.41, 5.74) is 2.42. The molecule has 0 bridgehead atoms. The van der Waals surface area contributed by atoms with Gasteiger partial charge < -0.3 is 10.2 Å². The molecule has 0 saturated heterocycles. The number of aryl methyl sites for hydroxylation is 2. The number of thiophene rings is 1. The highest BCUT2D eigenvalue weighted by atomic mass is 32.1. The average Bonchev–Trinajstić information content (AvgIpc) is 3.18. The molecule has 0 unspecified atom stereocenters. The summed E-state index contributed by atoms with van der Waals surface area (Å²) >= 11 is 1.85. The fourth-order valence-corrected chi connectivity index (χ4v) is 5.11. The summed E-state index contributed by atoms with van der Waals surface area (Å²) in [5.74, 6) is 2.35. The van der Waals surface area contributed by atoms with Crippen LogP contribution in [0.2, 0.25) is 0 Å². The molecule has 3 aromatic rings. The van der Waals surface area contributed by atoms with Crippen molar-refractivity contribution in [3.63, 3.8) is 0 Å². The van der Waals surface area contributed by atoms with Gasteiger partial charge in [0.15, 0.2) is 5.65 Å².